The summed E-state index contributed by atoms with van der Waals surface area (Å²) in [5.74, 6) is 0.590. The van der Waals surface area contributed by atoms with Crippen molar-refractivity contribution in [3.8, 4) is 0 Å². The molecule has 0 aromatic carbocycles. The summed E-state index contributed by atoms with van der Waals surface area (Å²) in [7, 11) is 0. The lowest BCUT2D eigenvalue weighted by molar-refractivity contribution is -0.138. The maximum atomic E-state index is 12.2. The molecule has 0 spiro atoms. The van der Waals surface area contributed by atoms with Gasteiger partial charge in [0.1, 0.15) is 0 Å². The van der Waals surface area contributed by atoms with Crippen LogP contribution in [0.2, 0.25) is 0 Å². The van der Waals surface area contributed by atoms with E-state index >= 15 is 0 Å². The largest absolute Gasteiger partial charge is 0.335 e. The van der Waals surface area contributed by atoms with Crippen molar-refractivity contribution in [1.82, 2.24) is 10.2 Å². The Kier molecular flexibility index (Phi) is 2.69. The third-order valence-corrected chi connectivity index (χ3v) is 4.07. The van der Waals surface area contributed by atoms with Crippen molar-refractivity contribution < 1.29 is 4.79 Å². The van der Waals surface area contributed by atoms with Gasteiger partial charge in [-0.2, -0.15) is 11.3 Å². The maximum Gasteiger partial charge on any atom is 0.228 e. The minimum atomic E-state index is 0.235. The first-order chi connectivity index (χ1) is 7.84. The first kappa shape index (κ1) is 10.3. The number of thiophene rings is 1. The number of carbonyl (C=O) groups is 1. The molecule has 1 saturated heterocycles. The van der Waals surface area contributed by atoms with Gasteiger partial charge in [-0.3, -0.25) is 4.79 Å². The first-order valence-electron chi connectivity index (χ1n) is 5.87. The van der Waals surface area contributed by atoms with E-state index in [2.05, 4.69) is 27.0 Å². The van der Waals surface area contributed by atoms with Crippen LogP contribution in [0.5, 0.6) is 0 Å². The number of nitrogens with zero attached hydrogens (tertiary/aromatic N) is 1. The highest BCUT2D eigenvalue weighted by atomic mass is 32.1. The number of carbonyl (C=O) groups excluding carboxylic acids is 1. The Hall–Kier alpha value is -0.870. The van der Waals surface area contributed by atoms with Crippen LogP contribution in [0, 0.1) is 5.92 Å². The molecule has 2 fully saturated rings. The summed E-state index contributed by atoms with van der Waals surface area (Å²) in [6.07, 6.45) is 2.38. The fourth-order valence-electron chi connectivity index (χ4n) is 2.05. The molecule has 4 heteroatoms. The summed E-state index contributed by atoms with van der Waals surface area (Å²) < 4.78 is 0. The summed E-state index contributed by atoms with van der Waals surface area (Å²) in [5.41, 5.74) is 1.28. The minimum absolute atomic E-state index is 0.235. The smallest absolute Gasteiger partial charge is 0.228 e. The molecule has 0 radical (unpaired) electrons. The molecule has 1 aromatic heterocycles. The Morgan fingerprint density at radius 2 is 2.31 bits per heavy atom. The molecule has 0 unspecified atom stereocenters. The average molecular weight is 236 g/mol. The Balaban J connectivity index is 1.68. The second-order valence-corrected chi connectivity index (χ2v) is 5.46. The van der Waals surface area contributed by atoms with Gasteiger partial charge < -0.3 is 10.2 Å². The van der Waals surface area contributed by atoms with Crippen LogP contribution in [0.15, 0.2) is 16.8 Å². The number of amides is 1. The van der Waals surface area contributed by atoms with E-state index in [4.69, 9.17) is 0 Å². The Morgan fingerprint density at radius 1 is 1.50 bits per heavy atom. The van der Waals surface area contributed by atoms with Crippen molar-refractivity contribution >= 4 is 17.2 Å². The zero-order valence-corrected chi connectivity index (χ0v) is 10.0. The SMILES string of the molecule is O=C(C1CNC1)N(Cc1ccsc1)C1CC1. The van der Waals surface area contributed by atoms with E-state index in [-0.39, 0.29) is 5.92 Å². The van der Waals surface area contributed by atoms with E-state index in [1.807, 2.05) is 0 Å². The number of rotatable bonds is 4. The average Bonchev–Trinajstić information content (AvgIpc) is 2.90. The van der Waals surface area contributed by atoms with Crippen molar-refractivity contribution in [2.24, 2.45) is 5.92 Å². The molecule has 1 N–H and O–H groups in total. The maximum absolute atomic E-state index is 12.2. The van der Waals surface area contributed by atoms with Gasteiger partial charge in [-0.05, 0) is 35.2 Å². The number of hydrogen-bond donors (Lipinski definition) is 1. The normalized spacial score (nSPS) is 20.5. The van der Waals surface area contributed by atoms with E-state index in [1.54, 1.807) is 11.3 Å². The third kappa shape index (κ3) is 1.99. The molecule has 2 aliphatic rings. The predicted octanol–water partition coefficient (Wildman–Crippen LogP) is 1.46. The van der Waals surface area contributed by atoms with Crippen molar-refractivity contribution in [2.45, 2.75) is 25.4 Å². The van der Waals surface area contributed by atoms with Gasteiger partial charge in [0.25, 0.3) is 0 Å². The molecule has 3 nitrogen and oxygen atoms in total. The fourth-order valence-corrected chi connectivity index (χ4v) is 2.71. The van der Waals surface area contributed by atoms with Gasteiger partial charge in [0.15, 0.2) is 0 Å². The second-order valence-electron chi connectivity index (χ2n) is 4.68. The van der Waals surface area contributed by atoms with Gasteiger partial charge in [-0.1, -0.05) is 0 Å². The van der Waals surface area contributed by atoms with E-state index in [0.29, 0.717) is 11.9 Å². The van der Waals surface area contributed by atoms with Crippen LogP contribution in [0.1, 0.15) is 18.4 Å². The Bertz CT molecular complexity index is 368. The van der Waals surface area contributed by atoms with Crippen LogP contribution in [-0.4, -0.2) is 29.9 Å². The molecule has 0 atom stereocenters. The summed E-state index contributed by atoms with van der Waals surface area (Å²) in [6.45, 7) is 2.54. The highest BCUT2D eigenvalue weighted by molar-refractivity contribution is 7.07. The lowest BCUT2D eigenvalue weighted by Gasteiger charge is -2.32. The lowest BCUT2D eigenvalue weighted by Crippen LogP contribution is -2.52. The molecule has 3 rings (SSSR count). The predicted molar refractivity (Wildman–Crippen MR) is 64.3 cm³/mol. The monoisotopic (exact) mass is 236 g/mol. The highest BCUT2D eigenvalue weighted by Crippen LogP contribution is 2.30. The van der Waals surface area contributed by atoms with Gasteiger partial charge >= 0.3 is 0 Å². The molecule has 1 amide bonds. The zero-order chi connectivity index (χ0) is 11.0. The first-order valence-corrected chi connectivity index (χ1v) is 6.81. The topological polar surface area (TPSA) is 32.3 Å². The quantitative estimate of drug-likeness (QED) is 0.858. The van der Waals surface area contributed by atoms with E-state index in [1.165, 1.54) is 18.4 Å². The van der Waals surface area contributed by atoms with Crippen LogP contribution in [0.3, 0.4) is 0 Å². The van der Waals surface area contributed by atoms with Gasteiger partial charge in [-0.25, -0.2) is 0 Å². The fraction of sp³-hybridized carbons (Fsp3) is 0.583. The molecule has 1 aliphatic heterocycles. The minimum Gasteiger partial charge on any atom is -0.335 e. The number of hydrogen-bond acceptors (Lipinski definition) is 3. The molecule has 2 heterocycles. The Labute approximate surface area is 99.5 Å². The van der Waals surface area contributed by atoms with Crippen LogP contribution < -0.4 is 5.32 Å². The summed E-state index contributed by atoms with van der Waals surface area (Å²) in [4.78, 5) is 14.3. The molecular weight excluding hydrogens is 220 g/mol. The van der Waals surface area contributed by atoms with Crippen molar-refractivity contribution in [3.05, 3.63) is 22.4 Å². The molecule has 1 aliphatic carbocycles. The van der Waals surface area contributed by atoms with E-state index in [9.17, 15) is 4.79 Å². The lowest BCUT2D eigenvalue weighted by atomic mass is 10.0. The second kappa shape index (κ2) is 4.18. The van der Waals surface area contributed by atoms with Gasteiger partial charge in [0.05, 0.1) is 5.92 Å². The summed E-state index contributed by atoms with van der Waals surface area (Å²) in [6, 6.07) is 2.64. The highest BCUT2D eigenvalue weighted by Gasteiger charge is 2.37. The Morgan fingerprint density at radius 3 is 2.81 bits per heavy atom. The standard InChI is InChI=1S/C12H16N2OS/c15-12(10-5-13-6-10)14(11-1-2-11)7-9-3-4-16-8-9/h3-4,8,10-11,13H,1-2,5-7H2. The van der Waals surface area contributed by atoms with Gasteiger partial charge in [0, 0.05) is 25.7 Å². The van der Waals surface area contributed by atoms with E-state index < -0.39 is 0 Å². The van der Waals surface area contributed by atoms with Crippen LogP contribution >= 0.6 is 11.3 Å². The van der Waals surface area contributed by atoms with Gasteiger partial charge in [-0.15, -0.1) is 0 Å². The molecule has 16 heavy (non-hydrogen) atoms. The van der Waals surface area contributed by atoms with Crippen LogP contribution in [-0.2, 0) is 11.3 Å². The van der Waals surface area contributed by atoms with Gasteiger partial charge in [0.2, 0.25) is 5.91 Å². The summed E-state index contributed by atoms with van der Waals surface area (Å²) >= 11 is 1.70. The third-order valence-electron chi connectivity index (χ3n) is 3.33. The van der Waals surface area contributed by atoms with Crippen molar-refractivity contribution in [1.29, 1.82) is 0 Å². The van der Waals surface area contributed by atoms with Crippen LogP contribution in [0.4, 0.5) is 0 Å². The van der Waals surface area contributed by atoms with Crippen LogP contribution in [0.25, 0.3) is 0 Å². The zero-order valence-electron chi connectivity index (χ0n) is 9.19. The molecule has 1 saturated carbocycles. The van der Waals surface area contributed by atoms with Crippen molar-refractivity contribution in [2.75, 3.05) is 13.1 Å². The van der Waals surface area contributed by atoms with E-state index in [0.717, 1.165) is 19.6 Å². The number of nitrogens with one attached hydrogen (secondary N) is 1. The molecule has 0 bridgehead atoms. The molecule has 1 aromatic rings. The van der Waals surface area contributed by atoms with Crippen molar-refractivity contribution in [3.63, 3.8) is 0 Å². The molecular formula is C12H16N2OS. The molecule has 86 valence electrons. The summed E-state index contributed by atoms with van der Waals surface area (Å²) in [5, 5.41) is 7.39.